The second-order valence-electron chi connectivity index (χ2n) is 5.84. The van der Waals surface area contributed by atoms with Crippen molar-refractivity contribution >= 4 is 17.5 Å². The van der Waals surface area contributed by atoms with Gasteiger partial charge < -0.3 is 10.2 Å². The first-order chi connectivity index (χ1) is 12.7. The van der Waals surface area contributed by atoms with Crippen LogP contribution in [-0.4, -0.2) is 18.4 Å². The molecule has 27 heavy (non-hydrogen) atoms. The Bertz CT molecular complexity index is 804. The van der Waals surface area contributed by atoms with Crippen LogP contribution in [0.5, 0.6) is 0 Å². The zero-order valence-electron chi connectivity index (χ0n) is 14.5. The van der Waals surface area contributed by atoms with Gasteiger partial charge in [0.15, 0.2) is 0 Å². The highest BCUT2D eigenvalue weighted by molar-refractivity contribution is 5.93. The lowest BCUT2D eigenvalue weighted by molar-refractivity contribution is -0.137. The lowest BCUT2D eigenvalue weighted by Gasteiger charge is -2.24. The molecule has 4 nitrogen and oxygen atoms in total. The molecule has 0 saturated carbocycles. The largest absolute Gasteiger partial charge is 0.418 e. The van der Waals surface area contributed by atoms with Crippen LogP contribution in [0.3, 0.4) is 0 Å². The number of para-hydroxylation sites is 1. The molecule has 8 heteroatoms. The molecule has 2 amide bonds. The van der Waals surface area contributed by atoms with Gasteiger partial charge in [0.25, 0.3) is 0 Å². The molecule has 2 aromatic rings. The Morgan fingerprint density at radius 2 is 1.67 bits per heavy atom. The maximum atomic E-state index is 13.2. The third-order valence-corrected chi connectivity index (χ3v) is 3.85. The number of halogens is 4. The Morgan fingerprint density at radius 1 is 1.04 bits per heavy atom. The second kappa shape index (κ2) is 8.66. The summed E-state index contributed by atoms with van der Waals surface area (Å²) in [6.07, 6.45) is -4.79. The minimum Gasteiger partial charge on any atom is -0.352 e. The molecular weight excluding hydrogens is 364 g/mol. The molecule has 0 spiro atoms. The number of carbonyl (C=O) groups excluding carboxylic acids is 2. The van der Waals surface area contributed by atoms with Crippen molar-refractivity contribution in [3.8, 4) is 0 Å². The molecule has 0 aromatic heterocycles. The van der Waals surface area contributed by atoms with Gasteiger partial charge in [-0.25, -0.2) is 4.39 Å². The van der Waals surface area contributed by atoms with Crippen LogP contribution in [0.25, 0.3) is 0 Å². The van der Waals surface area contributed by atoms with Crippen LogP contribution >= 0.6 is 0 Å². The van der Waals surface area contributed by atoms with Gasteiger partial charge in [-0.3, -0.25) is 9.59 Å². The predicted molar refractivity (Wildman–Crippen MR) is 92.3 cm³/mol. The normalized spacial score (nSPS) is 11.1. The summed E-state index contributed by atoms with van der Waals surface area (Å²) in [5.74, 6) is -1.43. The van der Waals surface area contributed by atoms with E-state index in [0.717, 1.165) is 17.9 Å². The molecule has 0 bridgehead atoms. The van der Waals surface area contributed by atoms with Crippen molar-refractivity contribution in [3.63, 3.8) is 0 Å². The van der Waals surface area contributed by atoms with Crippen LogP contribution in [0, 0.1) is 5.82 Å². The summed E-state index contributed by atoms with van der Waals surface area (Å²) in [4.78, 5) is 24.7. The first-order valence-corrected chi connectivity index (χ1v) is 8.14. The van der Waals surface area contributed by atoms with Crippen molar-refractivity contribution in [3.05, 3.63) is 65.5 Å². The number of nitrogens with zero attached hydrogens (tertiary/aromatic N) is 1. The molecular formula is C19H18F4N2O2. The fourth-order valence-electron chi connectivity index (χ4n) is 2.50. The minimum atomic E-state index is -4.62. The van der Waals surface area contributed by atoms with E-state index in [-0.39, 0.29) is 25.2 Å². The smallest absolute Gasteiger partial charge is 0.352 e. The van der Waals surface area contributed by atoms with Crippen LogP contribution < -0.4 is 10.2 Å². The molecule has 0 unspecified atom stereocenters. The van der Waals surface area contributed by atoms with Crippen molar-refractivity contribution in [1.29, 1.82) is 0 Å². The highest BCUT2D eigenvalue weighted by atomic mass is 19.4. The van der Waals surface area contributed by atoms with Gasteiger partial charge in [0.1, 0.15) is 5.82 Å². The maximum Gasteiger partial charge on any atom is 0.418 e. The number of anilines is 1. The Kier molecular flexibility index (Phi) is 6.55. The van der Waals surface area contributed by atoms with E-state index in [1.807, 2.05) is 0 Å². The minimum absolute atomic E-state index is 0.151. The highest BCUT2D eigenvalue weighted by Crippen LogP contribution is 2.36. The molecule has 0 fully saturated rings. The lowest BCUT2D eigenvalue weighted by atomic mass is 10.1. The van der Waals surface area contributed by atoms with Gasteiger partial charge in [0.05, 0.1) is 11.3 Å². The summed E-state index contributed by atoms with van der Waals surface area (Å²) in [6, 6.07) is 10.3. The fourth-order valence-corrected chi connectivity index (χ4v) is 2.50. The first kappa shape index (κ1) is 20.4. The van der Waals surface area contributed by atoms with E-state index in [9.17, 15) is 27.2 Å². The van der Waals surface area contributed by atoms with E-state index in [2.05, 4.69) is 5.32 Å². The Balaban J connectivity index is 2.02. The molecule has 0 aliphatic carbocycles. The average Bonchev–Trinajstić information content (AvgIpc) is 2.60. The number of hydrogen-bond donors (Lipinski definition) is 1. The van der Waals surface area contributed by atoms with Crippen LogP contribution in [0.4, 0.5) is 23.2 Å². The average molecular weight is 382 g/mol. The summed E-state index contributed by atoms with van der Waals surface area (Å²) in [5, 5.41) is 2.59. The lowest BCUT2D eigenvalue weighted by Crippen LogP contribution is -2.35. The molecule has 2 rings (SSSR count). The number of carbonyl (C=O) groups is 2. The van der Waals surface area contributed by atoms with Gasteiger partial charge in [0, 0.05) is 26.4 Å². The predicted octanol–water partition coefficient (Wildman–Crippen LogP) is 3.90. The van der Waals surface area contributed by atoms with E-state index >= 15 is 0 Å². The molecule has 0 atom stereocenters. The Morgan fingerprint density at radius 3 is 2.26 bits per heavy atom. The van der Waals surface area contributed by atoms with Crippen LogP contribution in [-0.2, 0) is 22.3 Å². The topological polar surface area (TPSA) is 49.4 Å². The van der Waals surface area contributed by atoms with Gasteiger partial charge in [-0.05, 0) is 29.8 Å². The number of amides is 2. The van der Waals surface area contributed by atoms with Crippen LogP contribution in [0.15, 0.2) is 48.5 Å². The van der Waals surface area contributed by atoms with E-state index < -0.39 is 29.4 Å². The number of nitrogens with one attached hydrogen (secondary N) is 1. The molecule has 0 heterocycles. The first-order valence-electron chi connectivity index (χ1n) is 8.14. The van der Waals surface area contributed by atoms with Crippen molar-refractivity contribution in [1.82, 2.24) is 5.32 Å². The standard InChI is InChI=1S/C19H18F4N2O2/c1-13(26)25(17-5-3-2-4-16(17)19(21,22)23)11-10-18(27)24-12-14-6-8-15(20)9-7-14/h2-9H,10-12H2,1H3,(H,24,27). The van der Waals surface area contributed by atoms with E-state index in [0.29, 0.717) is 5.56 Å². The van der Waals surface area contributed by atoms with Gasteiger partial charge in [-0.2, -0.15) is 13.2 Å². The number of hydrogen-bond acceptors (Lipinski definition) is 2. The number of rotatable bonds is 6. The third kappa shape index (κ3) is 5.80. The van der Waals surface area contributed by atoms with Crippen LogP contribution in [0.2, 0.25) is 0 Å². The van der Waals surface area contributed by atoms with Crippen molar-refractivity contribution in [2.75, 3.05) is 11.4 Å². The summed E-state index contributed by atoms with van der Waals surface area (Å²) >= 11 is 0. The van der Waals surface area contributed by atoms with Gasteiger partial charge in [0.2, 0.25) is 11.8 Å². The molecule has 0 aliphatic heterocycles. The van der Waals surface area contributed by atoms with Gasteiger partial charge >= 0.3 is 6.18 Å². The molecule has 0 saturated heterocycles. The molecule has 2 aromatic carbocycles. The quantitative estimate of drug-likeness (QED) is 0.771. The fraction of sp³-hybridized carbons (Fsp3) is 0.263. The zero-order chi connectivity index (χ0) is 20.0. The third-order valence-electron chi connectivity index (χ3n) is 3.85. The maximum absolute atomic E-state index is 13.2. The zero-order valence-corrected chi connectivity index (χ0v) is 14.5. The SMILES string of the molecule is CC(=O)N(CCC(=O)NCc1ccc(F)cc1)c1ccccc1C(F)(F)F. The van der Waals surface area contributed by atoms with Crippen LogP contribution in [0.1, 0.15) is 24.5 Å². The monoisotopic (exact) mass is 382 g/mol. The molecule has 1 N–H and O–H groups in total. The van der Waals surface area contributed by atoms with Crippen molar-refractivity contribution < 1.29 is 27.2 Å². The summed E-state index contributed by atoms with van der Waals surface area (Å²) < 4.78 is 52.3. The van der Waals surface area contributed by atoms with Gasteiger partial charge in [-0.15, -0.1) is 0 Å². The van der Waals surface area contributed by atoms with Crippen molar-refractivity contribution in [2.24, 2.45) is 0 Å². The number of benzene rings is 2. The highest BCUT2D eigenvalue weighted by Gasteiger charge is 2.35. The van der Waals surface area contributed by atoms with Gasteiger partial charge in [-0.1, -0.05) is 24.3 Å². The summed E-state index contributed by atoms with van der Waals surface area (Å²) in [5.41, 5.74) is -0.550. The van der Waals surface area contributed by atoms with E-state index in [1.54, 1.807) is 0 Å². The molecule has 0 radical (unpaired) electrons. The van der Waals surface area contributed by atoms with E-state index in [1.165, 1.54) is 42.5 Å². The summed E-state index contributed by atoms with van der Waals surface area (Å²) in [6.45, 7) is 1.10. The molecule has 144 valence electrons. The Labute approximate surface area is 153 Å². The Hall–Kier alpha value is -2.90. The second-order valence-corrected chi connectivity index (χ2v) is 5.84. The van der Waals surface area contributed by atoms with Crippen molar-refractivity contribution in [2.45, 2.75) is 26.1 Å². The molecule has 0 aliphatic rings. The number of alkyl halides is 3. The van der Waals surface area contributed by atoms with E-state index in [4.69, 9.17) is 0 Å². The summed E-state index contributed by atoms with van der Waals surface area (Å²) in [7, 11) is 0.